The van der Waals surface area contributed by atoms with Gasteiger partial charge in [-0.1, -0.05) is 60.7 Å². The number of hydrogen-bond donors (Lipinski definition) is 1. The Balaban J connectivity index is 1.35. The molecule has 47 heavy (non-hydrogen) atoms. The van der Waals surface area contributed by atoms with Crippen LogP contribution in [0.5, 0.6) is 0 Å². The molecule has 0 aliphatic carbocycles. The third-order valence-electron chi connectivity index (χ3n) is 7.93. The second-order valence-corrected chi connectivity index (χ2v) is 11.0. The molecule has 1 fully saturated rings. The van der Waals surface area contributed by atoms with Gasteiger partial charge in [-0.25, -0.2) is 0 Å². The van der Waals surface area contributed by atoms with E-state index in [9.17, 15) is 32.3 Å². The van der Waals surface area contributed by atoms with Gasteiger partial charge < -0.3 is 19.5 Å². The number of halogens is 3. The quantitative estimate of drug-likeness (QED) is 0.162. The number of piperidine rings is 1. The summed E-state index contributed by atoms with van der Waals surface area (Å²) < 4.78 is 55.0. The van der Waals surface area contributed by atoms with Gasteiger partial charge in [0.25, 0.3) is 5.91 Å². The van der Waals surface area contributed by atoms with Crippen molar-refractivity contribution in [3.8, 4) is 11.1 Å². The summed E-state index contributed by atoms with van der Waals surface area (Å²) in [7, 11) is 0. The van der Waals surface area contributed by atoms with Crippen LogP contribution in [0.3, 0.4) is 0 Å². The lowest BCUT2D eigenvalue weighted by atomic mass is 9.81. The van der Waals surface area contributed by atoms with Crippen LogP contribution in [0.15, 0.2) is 78.9 Å². The molecule has 0 unspecified atom stereocenters. The van der Waals surface area contributed by atoms with Crippen molar-refractivity contribution in [1.82, 2.24) is 10.2 Å². The summed E-state index contributed by atoms with van der Waals surface area (Å²) in [6.07, 6.45) is -3.40. The topological polar surface area (TPSA) is 111 Å². The minimum absolute atomic E-state index is 0.00684. The second-order valence-electron chi connectivity index (χ2n) is 11.0. The van der Waals surface area contributed by atoms with E-state index >= 15 is 0 Å². The van der Waals surface area contributed by atoms with Crippen molar-refractivity contribution in [1.29, 1.82) is 0 Å². The Morgan fingerprint density at radius 2 is 1.34 bits per heavy atom. The summed E-state index contributed by atoms with van der Waals surface area (Å²) >= 11 is 0. The SMILES string of the molecule is CCOC(=O)C(COC(=O)CN1CCC(NC(=O)c2ccccc2-c2ccc(C(F)(F)F)cc2)CC1)(C(=O)OCC)c1ccccc1. The van der Waals surface area contributed by atoms with Crippen LogP contribution in [-0.2, 0) is 40.2 Å². The number of carbonyl (C=O) groups is 4. The zero-order valence-corrected chi connectivity index (χ0v) is 26.2. The molecule has 1 saturated heterocycles. The number of benzene rings is 3. The Bertz CT molecular complexity index is 1520. The molecule has 0 saturated carbocycles. The van der Waals surface area contributed by atoms with Crippen molar-refractivity contribution in [2.24, 2.45) is 0 Å². The maximum atomic E-state index is 13.2. The predicted molar refractivity (Wildman–Crippen MR) is 166 cm³/mol. The summed E-state index contributed by atoms with van der Waals surface area (Å²) in [4.78, 5) is 54.4. The lowest BCUT2D eigenvalue weighted by Gasteiger charge is -2.32. The van der Waals surface area contributed by atoms with Crippen molar-refractivity contribution >= 4 is 23.8 Å². The monoisotopic (exact) mass is 654 g/mol. The van der Waals surface area contributed by atoms with E-state index in [1.807, 2.05) is 4.90 Å². The van der Waals surface area contributed by atoms with Gasteiger partial charge in [0.1, 0.15) is 6.61 Å². The summed E-state index contributed by atoms with van der Waals surface area (Å²) in [6, 6.07) is 19.3. The highest BCUT2D eigenvalue weighted by molar-refractivity contribution is 6.07. The van der Waals surface area contributed by atoms with Crippen molar-refractivity contribution < 1.29 is 46.6 Å². The smallest absolute Gasteiger partial charge is 0.416 e. The van der Waals surface area contributed by atoms with E-state index in [0.717, 1.165) is 12.1 Å². The third kappa shape index (κ3) is 8.56. The van der Waals surface area contributed by atoms with Gasteiger partial charge in [-0.2, -0.15) is 13.2 Å². The van der Waals surface area contributed by atoms with Crippen molar-refractivity contribution in [3.05, 3.63) is 95.6 Å². The molecule has 1 aliphatic heterocycles. The molecule has 3 aromatic rings. The first kappa shape index (κ1) is 35.1. The van der Waals surface area contributed by atoms with Crippen molar-refractivity contribution in [3.63, 3.8) is 0 Å². The van der Waals surface area contributed by atoms with E-state index < -0.39 is 41.7 Å². The molecular weight excluding hydrogens is 617 g/mol. The zero-order chi connectivity index (χ0) is 34.0. The van der Waals surface area contributed by atoms with Gasteiger partial charge in [0.2, 0.25) is 5.41 Å². The Morgan fingerprint density at radius 3 is 1.91 bits per heavy atom. The van der Waals surface area contributed by atoms with Gasteiger partial charge in [-0.05, 0) is 61.6 Å². The molecule has 9 nitrogen and oxygen atoms in total. The second kappa shape index (κ2) is 15.7. The number of nitrogens with one attached hydrogen (secondary N) is 1. The molecule has 0 radical (unpaired) electrons. The standard InChI is InChI=1S/C35H37F3N2O7/c1-3-45-32(43)34(33(44)46-4-2,25-10-6-5-7-11-25)23-47-30(41)22-40-20-18-27(19-21-40)39-31(42)29-13-9-8-12-28(29)24-14-16-26(17-15-24)35(36,37)38/h5-17,27H,3-4,18-23H2,1-2H3,(H,39,42). The first-order valence-electron chi connectivity index (χ1n) is 15.3. The van der Waals surface area contributed by atoms with Crippen LogP contribution in [0.25, 0.3) is 11.1 Å². The molecule has 1 amide bonds. The number of carbonyl (C=O) groups excluding carboxylic acids is 4. The first-order valence-corrected chi connectivity index (χ1v) is 15.3. The summed E-state index contributed by atoms with van der Waals surface area (Å²) in [5.74, 6) is -2.76. The van der Waals surface area contributed by atoms with Gasteiger partial charge in [0.15, 0.2) is 0 Å². The number of rotatable bonds is 12. The van der Waals surface area contributed by atoms with Crippen LogP contribution in [0, 0.1) is 0 Å². The Hall–Kier alpha value is -4.71. The van der Waals surface area contributed by atoms with Crippen LogP contribution in [-0.4, -0.2) is 74.2 Å². The fourth-order valence-electron chi connectivity index (χ4n) is 5.44. The number of hydrogen-bond acceptors (Lipinski definition) is 8. The molecule has 1 N–H and O–H groups in total. The van der Waals surface area contributed by atoms with Crippen molar-refractivity contribution in [2.45, 2.75) is 44.3 Å². The Kier molecular flexibility index (Phi) is 11.8. The number of amides is 1. The molecular formula is C35H37F3N2O7. The van der Waals surface area contributed by atoms with Gasteiger partial charge >= 0.3 is 24.1 Å². The molecule has 3 aromatic carbocycles. The lowest BCUT2D eigenvalue weighted by Crippen LogP contribution is -2.51. The summed E-state index contributed by atoms with van der Waals surface area (Å²) in [6.45, 7) is 3.44. The molecule has 0 aromatic heterocycles. The van der Waals surface area contributed by atoms with Crippen LogP contribution >= 0.6 is 0 Å². The van der Waals surface area contributed by atoms with Gasteiger partial charge in [0, 0.05) is 24.7 Å². The number of alkyl halides is 3. The third-order valence-corrected chi connectivity index (χ3v) is 7.93. The van der Waals surface area contributed by atoms with E-state index in [2.05, 4.69) is 5.32 Å². The lowest BCUT2D eigenvalue weighted by molar-refractivity contribution is -0.170. The number of esters is 3. The van der Waals surface area contributed by atoms with Crippen LogP contribution in [0.1, 0.15) is 48.2 Å². The molecule has 250 valence electrons. The summed E-state index contributed by atoms with van der Waals surface area (Å²) in [5, 5.41) is 3.00. The van der Waals surface area contributed by atoms with E-state index in [1.165, 1.54) is 12.1 Å². The van der Waals surface area contributed by atoms with E-state index in [1.54, 1.807) is 68.4 Å². The van der Waals surface area contributed by atoms with Crippen LogP contribution in [0.2, 0.25) is 0 Å². The number of ether oxygens (including phenoxy) is 3. The largest absolute Gasteiger partial charge is 0.465 e. The number of likely N-dealkylation sites (tertiary alicyclic amines) is 1. The molecule has 0 bridgehead atoms. The normalized spacial score (nSPS) is 14.2. The van der Waals surface area contributed by atoms with Crippen LogP contribution in [0.4, 0.5) is 13.2 Å². The Labute approximate surface area is 271 Å². The molecule has 1 aliphatic rings. The summed E-state index contributed by atoms with van der Waals surface area (Å²) in [5.41, 5.74) is -1.15. The molecule has 0 spiro atoms. The predicted octanol–water partition coefficient (Wildman–Crippen LogP) is 5.17. The molecule has 4 rings (SSSR count). The minimum Gasteiger partial charge on any atom is -0.465 e. The van der Waals surface area contributed by atoms with Crippen LogP contribution < -0.4 is 5.32 Å². The minimum atomic E-state index is -4.46. The molecule has 1 heterocycles. The Morgan fingerprint density at radius 1 is 0.766 bits per heavy atom. The molecule has 12 heteroatoms. The first-order chi connectivity index (χ1) is 22.5. The fourth-order valence-corrected chi connectivity index (χ4v) is 5.44. The highest BCUT2D eigenvalue weighted by atomic mass is 19.4. The fraction of sp³-hybridized carbons (Fsp3) is 0.371. The zero-order valence-electron chi connectivity index (χ0n) is 26.2. The maximum Gasteiger partial charge on any atom is 0.416 e. The van der Waals surface area contributed by atoms with Gasteiger partial charge in [-0.15, -0.1) is 0 Å². The van der Waals surface area contributed by atoms with E-state index in [0.29, 0.717) is 42.6 Å². The molecule has 0 atom stereocenters. The van der Waals surface area contributed by atoms with Gasteiger partial charge in [0.05, 0.1) is 25.3 Å². The van der Waals surface area contributed by atoms with E-state index in [4.69, 9.17) is 14.2 Å². The highest BCUT2D eigenvalue weighted by Crippen LogP contribution is 2.32. The van der Waals surface area contributed by atoms with Gasteiger partial charge in [-0.3, -0.25) is 24.1 Å². The van der Waals surface area contributed by atoms with Crippen molar-refractivity contribution in [2.75, 3.05) is 39.5 Å². The average Bonchev–Trinajstić information content (AvgIpc) is 3.06. The number of nitrogens with zero attached hydrogens (tertiary/aromatic N) is 1. The van der Waals surface area contributed by atoms with E-state index in [-0.39, 0.29) is 37.3 Å². The maximum absolute atomic E-state index is 13.2. The average molecular weight is 655 g/mol. The highest BCUT2D eigenvalue weighted by Gasteiger charge is 2.52.